The third-order valence-corrected chi connectivity index (χ3v) is 6.61. The third kappa shape index (κ3) is 5.30. The highest BCUT2D eigenvalue weighted by atomic mass is 32.1. The van der Waals surface area contributed by atoms with Crippen LogP contribution in [-0.4, -0.2) is 49.6 Å². The van der Waals surface area contributed by atoms with Crippen LogP contribution in [0.2, 0.25) is 0 Å². The van der Waals surface area contributed by atoms with E-state index in [1.165, 1.54) is 38.8 Å². The summed E-state index contributed by atoms with van der Waals surface area (Å²) in [5.41, 5.74) is -1.87. The van der Waals surface area contributed by atoms with Gasteiger partial charge in [-0.05, 0) is 43.3 Å². The molecule has 0 saturated carbocycles. The van der Waals surface area contributed by atoms with Crippen molar-refractivity contribution in [3.8, 4) is 22.9 Å². The number of aromatic nitrogens is 2. The predicted octanol–water partition coefficient (Wildman–Crippen LogP) is 4.92. The summed E-state index contributed by atoms with van der Waals surface area (Å²) in [6.45, 7) is 1.59. The van der Waals surface area contributed by atoms with E-state index >= 15 is 0 Å². The number of carbonyl (C=O) groups is 2. The molecule has 0 radical (unpaired) electrons. The highest BCUT2D eigenvalue weighted by Crippen LogP contribution is 2.39. The molecular weight excluding hydrogens is 555 g/mol. The Morgan fingerprint density at radius 1 is 1.02 bits per heavy atom. The molecule has 4 aromatic rings. The minimum Gasteiger partial charge on any atom is -0.493 e. The zero-order valence-electron chi connectivity index (χ0n) is 21.5. The molecule has 14 heteroatoms. The van der Waals surface area contributed by atoms with Crippen LogP contribution in [0.3, 0.4) is 0 Å². The largest absolute Gasteiger partial charge is 0.493 e. The van der Waals surface area contributed by atoms with Crippen molar-refractivity contribution in [1.82, 2.24) is 9.78 Å². The van der Waals surface area contributed by atoms with Crippen molar-refractivity contribution in [1.29, 1.82) is 0 Å². The number of thiophene rings is 1. The summed E-state index contributed by atoms with van der Waals surface area (Å²) < 4.78 is 60.9. The number of anilines is 1. The molecule has 0 saturated heterocycles. The number of nitrogens with one attached hydrogen (secondary N) is 1. The zero-order valence-corrected chi connectivity index (χ0v) is 22.4. The maximum absolute atomic E-state index is 13.6. The summed E-state index contributed by atoms with van der Waals surface area (Å²) in [4.78, 5) is 39.5. The van der Waals surface area contributed by atoms with Crippen molar-refractivity contribution in [2.75, 3.05) is 33.3 Å². The van der Waals surface area contributed by atoms with Crippen LogP contribution in [0.1, 0.15) is 33.3 Å². The lowest BCUT2D eigenvalue weighted by Crippen LogP contribution is -2.25. The van der Waals surface area contributed by atoms with Crippen LogP contribution in [0, 0.1) is 0 Å². The van der Waals surface area contributed by atoms with Crippen LogP contribution in [0.4, 0.5) is 18.2 Å². The van der Waals surface area contributed by atoms with Gasteiger partial charge in [-0.3, -0.25) is 9.59 Å². The number of hydrogen-bond donors (Lipinski definition) is 1. The van der Waals surface area contributed by atoms with E-state index in [-0.39, 0.29) is 56.6 Å². The highest BCUT2D eigenvalue weighted by Gasteiger charge is 2.30. The number of rotatable bonds is 8. The molecule has 0 aliphatic rings. The first kappa shape index (κ1) is 28.4. The van der Waals surface area contributed by atoms with Gasteiger partial charge in [-0.25, -0.2) is 4.79 Å². The lowest BCUT2D eigenvalue weighted by atomic mass is 10.1. The first-order chi connectivity index (χ1) is 19.0. The zero-order chi connectivity index (χ0) is 29.2. The first-order valence-electron chi connectivity index (χ1n) is 11.5. The Hall–Kier alpha value is -4.59. The molecule has 1 N–H and O–H groups in total. The molecule has 2 aromatic carbocycles. The van der Waals surface area contributed by atoms with Gasteiger partial charge in [-0.1, -0.05) is 0 Å². The Bertz CT molecular complexity index is 1620. The lowest BCUT2D eigenvalue weighted by molar-refractivity contribution is -0.137. The second kappa shape index (κ2) is 11.3. The number of fused-ring (bicyclic) bond motifs is 1. The number of amides is 1. The van der Waals surface area contributed by atoms with Gasteiger partial charge in [0.05, 0.1) is 44.6 Å². The number of esters is 1. The summed E-state index contributed by atoms with van der Waals surface area (Å²) in [6, 6.07) is 6.52. The van der Waals surface area contributed by atoms with Gasteiger partial charge in [0.1, 0.15) is 5.00 Å². The summed E-state index contributed by atoms with van der Waals surface area (Å²) >= 11 is 0.958. The average molecular weight is 578 g/mol. The van der Waals surface area contributed by atoms with Gasteiger partial charge in [0.15, 0.2) is 17.2 Å². The van der Waals surface area contributed by atoms with Crippen molar-refractivity contribution in [2.45, 2.75) is 13.1 Å². The van der Waals surface area contributed by atoms with E-state index in [0.717, 1.165) is 40.3 Å². The standard InChI is InChI=1S/C26H22F3N3O7S/c1-5-39-25(35)20-16-12-40-23(30-22(33)13-10-17(36-2)21(38-4)18(11-13)37-3)19(16)24(34)32(31-20)15-8-6-14(7-9-15)26(27,28)29/h6-12H,5H2,1-4H3,(H,30,33). The molecule has 0 unspecified atom stereocenters. The molecule has 0 atom stereocenters. The van der Waals surface area contributed by atoms with Crippen LogP contribution < -0.4 is 25.1 Å². The van der Waals surface area contributed by atoms with E-state index in [0.29, 0.717) is 0 Å². The summed E-state index contributed by atoms with van der Waals surface area (Å²) in [5, 5.41) is 8.31. The third-order valence-electron chi connectivity index (χ3n) is 5.71. The predicted molar refractivity (Wildman–Crippen MR) is 140 cm³/mol. The Kier molecular flexibility index (Phi) is 8.00. The smallest absolute Gasteiger partial charge is 0.416 e. The van der Waals surface area contributed by atoms with Crippen LogP contribution in [-0.2, 0) is 10.9 Å². The fraction of sp³-hybridized carbons (Fsp3) is 0.231. The van der Waals surface area contributed by atoms with Crippen LogP contribution in [0.25, 0.3) is 16.5 Å². The molecule has 4 rings (SSSR count). The molecule has 0 spiro atoms. The number of carbonyl (C=O) groups excluding carboxylic acids is 2. The minimum atomic E-state index is -4.59. The molecular formula is C26H22F3N3O7S. The van der Waals surface area contributed by atoms with Crippen LogP contribution in [0.15, 0.2) is 46.6 Å². The average Bonchev–Trinajstić information content (AvgIpc) is 3.36. The van der Waals surface area contributed by atoms with Crippen LogP contribution >= 0.6 is 11.3 Å². The lowest BCUT2D eigenvalue weighted by Gasteiger charge is -2.14. The Labute approximate surface area is 228 Å². The van der Waals surface area contributed by atoms with E-state index in [9.17, 15) is 27.6 Å². The number of benzene rings is 2. The maximum Gasteiger partial charge on any atom is 0.416 e. The van der Waals surface area contributed by atoms with Crippen LogP contribution in [0.5, 0.6) is 17.2 Å². The minimum absolute atomic E-state index is 0.0102. The molecule has 0 aliphatic heterocycles. The number of alkyl halides is 3. The molecule has 1 amide bonds. The molecule has 0 bridgehead atoms. The number of methoxy groups -OCH3 is 3. The quantitative estimate of drug-likeness (QED) is 0.293. The van der Waals surface area contributed by atoms with Crippen molar-refractivity contribution in [3.05, 3.63) is 69.0 Å². The number of hydrogen-bond acceptors (Lipinski definition) is 9. The van der Waals surface area contributed by atoms with Gasteiger partial charge in [0, 0.05) is 16.3 Å². The van der Waals surface area contributed by atoms with E-state index in [1.807, 2.05) is 0 Å². The van der Waals surface area contributed by atoms with Gasteiger partial charge >= 0.3 is 12.1 Å². The van der Waals surface area contributed by atoms with E-state index in [2.05, 4.69) is 10.4 Å². The second-order valence-electron chi connectivity index (χ2n) is 8.05. The van der Waals surface area contributed by atoms with Gasteiger partial charge in [-0.15, -0.1) is 11.3 Å². The molecule has 2 heterocycles. The van der Waals surface area contributed by atoms with Crippen molar-refractivity contribution < 1.29 is 41.7 Å². The summed E-state index contributed by atoms with van der Waals surface area (Å²) in [6.07, 6.45) is -4.59. The monoisotopic (exact) mass is 577 g/mol. The van der Waals surface area contributed by atoms with Gasteiger partial charge in [0.2, 0.25) is 5.75 Å². The molecule has 0 fully saturated rings. The summed E-state index contributed by atoms with van der Waals surface area (Å²) in [7, 11) is 4.19. The molecule has 0 aliphatic carbocycles. The maximum atomic E-state index is 13.6. The summed E-state index contributed by atoms with van der Waals surface area (Å²) in [5.74, 6) is -0.776. The Balaban J connectivity index is 1.85. The van der Waals surface area contributed by atoms with Gasteiger partial charge in [-0.2, -0.15) is 23.0 Å². The number of ether oxygens (including phenoxy) is 4. The van der Waals surface area contributed by atoms with E-state index in [1.54, 1.807) is 6.92 Å². The fourth-order valence-corrected chi connectivity index (χ4v) is 4.78. The fourth-order valence-electron chi connectivity index (χ4n) is 3.85. The van der Waals surface area contributed by atoms with Crippen molar-refractivity contribution in [3.63, 3.8) is 0 Å². The van der Waals surface area contributed by atoms with Gasteiger partial charge < -0.3 is 24.3 Å². The molecule has 10 nitrogen and oxygen atoms in total. The molecule has 40 heavy (non-hydrogen) atoms. The second-order valence-corrected chi connectivity index (χ2v) is 8.93. The Morgan fingerprint density at radius 3 is 2.17 bits per heavy atom. The number of nitrogens with zero attached hydrogens (tertiary/aromatic N) is 2. The normalized spacial score (nSPS) is 11.3. The van der Waals surface area contributed by atoms with Crippen molar-refractivity contribution >= 4 is 39.0 Å². The number of halogens is 3. The Morgan fingerprint density at radius 2 is 1.65 bits per heavy atom. The molecule has 2 aromatic heterocycles. The van der Waals surface area contributed by atoms with Crippen molar-refractivity contribution in [2.24, 2.45) is 0 Å². The first-order valence-corrected chi connectivity index (χ1v) is 12.4. The SMILES string of the molecule is CCOC(=O)c1nn(-c2ccc(C(F)(F)F)cc2)c(=O)c2c(NC(=O)c3cc(OC)c(OC)c(OC)c3)scc12. The van der Waals surface area contributed by atoms with Gasteiger partial charge in [0.25, 0.3) is 11.5 Å². The molecule has 210 valence electrons. The van der Waals surface area contributed by atoms with E-state index in [4.69, 9.17) is 18.9 Å². The highest BCUT2D eigenvalue weighted by molar-refractivity contribution is 7.16. The topological polar surface area (TPSA) is 118 Å². The van der Waals surface area contributed by atoms with E-state index < -0.39 is 29.2 Å².